The Hall–Kier alpha value is -3.58. The van der Waals surface area contributed by atoms with E-state index in [0.717, 1.165) is 42.9 Å². The Kier molecular flexibility index (Phi) is 5.88. The highest BCUT2D eigenvalue weighted by molar-refractivity contribution is 14.1. The van der Waals surface area contributed by atoms with E-state index in [0.29, 0.717) is 11.1 Å². The number of aryl methyl sites for hydroxylation is 1. The Morgan fingerprint density at radius 2 is 1.33 bits per heavy atom. The lowest BCUT2D eigenvalue weighted by atomic mass is 10.0. The van der Waals surface area contributed by atoms with Crippen LogP contribution in [0.3, 0.4) is 0 Å². The van der Waals surface area contributed by atoms with Gasteiger partial charge in [-0.15, -0.1) is 0 Å². The summed E-state index contributed by atoms with van der Waals surface area (Å²) < 4.78 is 1.13. The van der Waals surface area contributed by atoms with Crippen molar-refractivity contribution in [1.82, 2.24) is 9.97 Å². The van der Waals surface area contributed by atoms with Crippen molar-refractivity contribution >= 4 is 45.2 Å². The van der Waals surface area contributed by atoms with Gasteiger partial charge in [0, 0.05) is 25.9 Å². The van der Waals surface area contributed by atoms with E-state index in [4.69, 9.17) is 9.97 Å². The number of fused-ring (bicyclic) bond motifs is 1. The minimum absolute atomic E-state index is 0.170. The fourth-order valence-electron chi connectivity index (χ4n) is 3.75. The van der Waals surface area contributed by atoms with Crippen molar-refractivity contribution in [2.24, 2.45) is 0 Å². The smallest absolute Gasteiger partial charge is 0.255 e. The predicted octanol–water partition coefficient (Wildman–Crippen LogP) is 7.13. The molecule has 0 bridgehead atoms. The van der Waals surface area contributed by atoms with Gasteiger partial charge in [-0.25, -0.2) is 9.97 Å². The lowest BCUT2D eigenvalue weighted by Crippen LogP contribution is -2.13. The van der Waals surface area contributed by atoms with E-state index in [2.05, 4.69) is 27.9 Å². The number of aromatic nitrogens is 2. The molecule has 33 heavy (non-hydrogen) atoms. The van der Waals surface area contributed by atoms with E-state index in [9.17, 15) is 4.79 Å². The van der Waals surface area contributed by atoms with Gasteiger partial charge in [-0.3, -0.25) is 4.79 Å². The van der Waals surface area contributed by atoms with Crippen LogP contribution < -0.4 is 5.32 Å². The number of anilines is 1. The molecule has 4 aromatic carbocycles. The number of carbonyl (C=O) groups excluding carboxylic acids is 1. The average Bonchev–Trinajstić information content (AvgIpc) is 2.85. The van der Waals surface area contributed by atoms with Crippen LogP contribution in [0.15, 0.2) is 97.1 Å². The Labute approximate surface area is 205 Å². The summed E-state index contributed by atoms with van der Waals surface area (Å²) >= 11 is 2.26. The molecule has 4 nitrogen and oxygen atoms in total. The lowest BCUT2D eigenvalue weighted by molar-refractivity contribution is 0.102. The molecule has 0 aliphatic heterocycles. The number of nitrogens with zero attached hydrogens (tertiary/aromatic N) is 2. The molecule has 0 fully saturated rings. The highest BCUT2D eigenvalue weighted by Gasteiger charge is 2.15. The highest BCUT2D eigenvalue weighted by atomic mass is 127. The van der Waals surface area contributed by atoms with Crippen LogP contribution >= 0.6 is 22.6 Å². The molecule has 0 unspecified atom stereocenters. The van der Waals surface area contributed by atoms with Gasteiger partial charge in [-0.2, -0.15) is 0 Å². The second kappa shape index (κ2) is 9.11. The topological polar surface area (TPSA) is 54.9 Å². The fraction of sp³-hybridized carbons (Fsp3) is 0.0357. The summed E-state index contributed by atoms with van der Waals surface area (Å²) in [6.45, 7) is 1.99. The first-order chi connectivity index (χ1) is 16.1. The Balaban J connectivity index is 1.59. The van der Waals surface area contributed by atoms with Crippen LogP contribution in [0.1, 0.15) is 15.9 Å². The van der Waals surface area contributed by atoms with E-state index >= 15 is 0 Å². The van der Waals surface area contributed by atoms with Crippen molar-refractivity contribution in [3.63, 3.8) is 0 Å². The molecule has 1 amide bonds. The molecule has 0 atom stereocenters. The van der Waals surface area contributed by atoms with E-state index in [1.807, 2.05) is 91.9 Å². The Morgan fingerprint density at radius 3 is 1.94 bits per heavy atom. The summed E-state index contributed by atoms with van der Waals surface area (Å²) in [5, 5.41) is 3.01. The number of benzene rings is 4. The molecule has 1 N–H and O–H groups in total. The van der Waals surface area contributed by atoms with E-state index in [1.54, 1.807) is 12.1 Å². The molecule has 0 saturated heterocycles. The largest absolute Gasteiger partial charge is 0.322 e. The van der Waals surface area contributed by atoms with E-state index < -0.39 is 0 Å². The summed E-state index contributed by atoms with van der Waals surface area (Å²) in [7, 11) is 0. The maximum absolute atomic E-state index is 13.0. The minimum Gasteiger partial charge on any atom is -0.322 e. The van der Waals surface area contributed by atoms with Crippen molar-refractivity contribution in [2.45, 2.75) is 6.92 Å². The average molecular weight is 541 g/mol. The van der Waals surface area contributed by atoms with Crippen LogP contribution in [-0.2, 0) is 0 Å². The molecule has 0 aliphatic rings. The van der Waals surface area contributed by atoms with Crippen LogP contribution in [0.25, 0.3) is 33.5 Å². The third-order valence-electron chi connectivity index (χ3n) is 5.46. The number of rotatable bonds is 4. The summed E-state index contributed by atoms with van der Waals surface area (Å²) in [6, 6.07) is 31.5. The summed E-state index contributed by atoms with van der Waals surface area (Å²) in [6.07, 6.45) is 0. The lowest BCUT2D eigenvalue weighted by Gasteiger charge is -2.12. The molecule has 1 aromatic heterocycles. The molecule has 160 valence electrons. The van der Waals surface area contributed by atoms with Crippen LogP contribution in [-0.4, -0.2) is 15.9 Å². The molecular formula is C28H20IN3O. The van der Waals surface area contributed by atoms with Gasteiger partial charge in [-0.1, -0.05) is 60.7 Å². The first-order valence-corrected chi connectivity index (χ1v) is 11.7. The molecule has 0 radical (unpaired) electrons. The number of amides is 1. The van der Waals surface area contributed by atoms with Crippen molar-refractivity contribution in [3.8, 4) is 22.5 Å². The number of hydrogen-bond acceptors (Lipinski definition) is 3. The molecule has 5 rings (SSSR count). The molecule has 5 heteroatoms. The van der Waals surface area contributed by atoms with Gasteiger partial charge < -0.3 is 5.32 Å². The first kappa shape index (κ1) is 21.3. The van der Waals surface area contributed by atoms with Crippen molar-refractivity contribution in [3.05, 3.63) is 112 Å². The van der Waals surface area contributed by atoms with Crippen LogP contribution in [0.5, 0.6) is 0 Å². The zero-order chi connectivity index (χ0) is 22.8. The highest BCUT2D eigenvalue weighted by Crippen LogP contribution is 2.31. The van der Waals surface area contributed by atoms with Crippen LogP contribution in [0, 0.1) is 10.5 Å². The second-order valence-electron chi connectivity index (χ2n) is 7.77. The maximum atomic E-state index is 13.0. The minimum atomic E-state index is -0.170. The first-order valence-electron chi connectivity index (χ1n) is 10.6. The van der Waals surface area contributed by atoms with Gasteiger partial charge >= 0.3 is 0 Å². The second-order valence-corrected chi connectivity index (χ2v) is 9.02. The van der Waals surface area contributed by atoms with Gasteiger partial charge in [0.25, 0.3) is 5.91 Å². The zero-order valence-electron chi connectivity index (χ0n) is 17.9. The van der Waals surface area contributed by atoms with Crippen LogP contribution in [0.4, 0.5) is 5.69 Å². The van der Waals surface area contributed by atoms with E-state index in [1.165, 1.54) is 0 Å². The normalized spacial score (nSPS) is 10.8. The van der Waals surface area contributed by atoms with Crippen LogP contribution in [0.2, 0.25) is 0 Å². The molecule has 1 heterocycles. The van der Waals surface area contributed by atoms with Crippen molar-refractivity contribution in [1.29, 1.82) is 0 Å². The van der Waals surface area contributed by atoms with Gasteiger partial charge in [0.15, 0.2) is 0 Å². The standard InChI is InChI=1S/C28H20IN3O/c1-18-16-22(29)13-15-23(18)32-28(33)21-12-14-24-25(17-21)31-27(20-10-6-3-7-11-20)26(30-24)19-8-4-2-5-9-19/h2-17H,1H3,(H,32,33). The summed E-state index contributed by atoms with van der Waals surface area (Å²) in [5.74, 6) is -0.170. The monoisotopic (exact) mass is 541 g/mol. The molecule has 5 aromatic rings. The number of carbonyl (C=O) groups is 1. The zero-order valence-corrected chi connectivity index (χ0v) is 20.1. The summed E-state index contributed by atoms with van der Waals surface area (Å²) in [5.41, 5.74) is 7.39. The third-order valence-corrected chi connectivity index (χ3v) is 6.13. The van der Waals surface area contributed by atoms with Crippen molar-refractivity contribution < 1.29 is 4.79 Å². The van der Waals surface area contributed by atoms with Gasteiger partial charge in [0.1, 0.15) is 0 Å². The fourth-order valence-corrected chi connectivity index (χ4v) is 4.40. The number of halogens is 1. The van der Waals surface area contributed by atoms with Gasteiger partial charge in [0.2, 0.25) is 0 Å². The third kappa shape index (κ3) is 4.50. The SMILES string of the molecule is Cc1cc(I)ccc1NC(=O)c1ccc2nc(-c3ccccc3)c(-c3ccccc3)nc2c1. The Bertz CT molecular complexity index is 1470. The molecule has 0 saturated carbocycles. The van der Waals surface area contributed by atoms with Gasteiger partial charge in [-0.05, 0) is 71.5 Å². The molecule has 0 aliphatic carbocycles. The maximum Gasteiger partial charge on any atom is 0.255 e. The van der Waals surface area contributed by atoms with E-state index in [-0.39, 0.29) is 5.91 Å². The van der Waals surface area contributed by atoms with Gasteiger partial charge in [0.05, 0.1) is 22.4 Å². The predicted molar refractivity (Wildman–Crippen MR) is 142 cm³/mol. The summed E-state index contributed by atoms with van der Waals surface area (Å²) in [4.78, 5) is 22.9. The number of hydrogen-bond donors (Lipinski definition) is 1. The molecule has 0 spiro atoms. The Morgan fingerprint density at radius 1 is 0.727 bits per heavy atom. The van der Waals surface area contributed by atoms with Crippen molar-refractivity contribution in [2.75, 3.05) is 5.32 Å². The number of nitrogens with one attached hydrogen (secondary N) is 1. The molecular weight excluding hydrogens is 521 g/mol. The quantitative estimate of drug-likeness (QED) is 0.247.